The molecular weight excluding hydrogens is 288 g/mol. The molecule has 0 bridgehead atoms. The van der Waals surface area contributed by atoms with Crippen LogP contribution in [0.15, 0.2) is 30.3 Å². The van der Waals surface area contributed by atoms with Gasteiger partial charge in [-0.3, -0.25) is 4.79 Å². The summed E-state index contributed by atoms with van der Waals surface area (Å²) in [5.41, 5.74) is 5.02. The van der Waals surface area contributed by atoms with Gasteiger partial charge in [-0.15, -0.1) is 0 Å². The predicted molar refractivity (Wildman–Crippen MR) is 91.1 cm³/mol. The molecule has 1 aliphatic heterocycles. The van der Waals surface area contributed by atoms with Crippen molar-refractivity contribution in [1.82, 2.24) is 9.47 Å². The third-order valence-corrected chi connectivity index (χ3v) is 4.61. The highest BCUT2D eigenvalue weighted by Crippen LogP contribution is 2.24. The van der Waals surface area contributed by atoms with E-state index in [1.165, 1.54) is 5.56 Å². The number of β-amino-alcohol motifs (C(OH)–C–C–N with tert-alkyl or cyclic N) is 1. The van der Waals surface area contributed by atoms with Crippen molar-refractivity contribution in [2.45, 2.75) is 39.7 Å². The first kappa shape index (κ1) is 15.8. The maximum atomic E-state index is 12.8. The highest BCUT2D eigenvalue weighted by atomic mass is 16.3. The first-order chi connectivity index (χ1) is 11.0. The van der Waals surface area contributed by atoms with Crippen LogP contribution in [0.1, 0.15) is 40.2 Å². The number of carbonyl (C=O) groups is 1. The number of piperidine rings is 1. The highest BCUT2D eigenvalue weighted by molar-refractivity contribution is 5.96. The van der Waals surface area contributed by atoms with Crippen molar-refractivity contribution >= 4 is 5.91 Å². The fraction of sp³-hybridized carbons (Fsp3) is 0.421. The zero-order valence-electron chi connectivity index (χ0n) is 14.0. The van der Waals surface area contributed by atoms with E-state index in [9.17, 15) is 9.90 Å². The average molecular weight is 312 g/mol. The van der Waals surface area contributed by atoms with Gasteiger partial charge in [0.25, 0.3) is 5.91 Å². The van der Waals surface area contributed by atoms with Gasteiger partial charge in [0.15, 0.2) is 0 Å². The van der Waals surface area contributed by atoms with Gasteiger partial charge in [0.05, 0.1) is 11.7 Å². The molecule has 1 amide bonds. The Morgan fingerprint density at radius 2 is 2.00 bits per heavy atom. The first-order valence-electron chi connectivity index (χ1n) is 8.20. The van der Waals surface area contributed by atoms with Crippen LogP contribution in [-0.2, 0) is 0 Å². The lowest BCUT2D eigenvalue weighted by Crippen LogP contribution is -2.42. The lowest BCUT2D eigenvalue weighted by molar-refractivity contribution is 0.0473. The Kier molecular flexibility index (Phi) is 4.26. The van der Waals surface area contributed by atoms with E-state index in [0.29, 0.717) is 6.54 Å². The van der Waals surface area contributed by atoms with E-state index in [2.05, 4.69) is 29.7 Å². The van der Waals surface area contributed by atoms with Gasteiger partial charge in [-0.05, 0) is 57.4 Å². The van der Waals surface area contributed by atoms with Crippen LogP contribution in [0.3, 0.4) is 0 Å². The van der Waals surface area contributed by atoms with Crippen LogP contribution in [0.2, 0.25) is 0 Å². The number of rotatable bonds is 2. The van der Waals surface area contributed by atoms with E-state index >= 15 is 0 Å². The summed E-state index contributed by atoms with van der Waals surface area (Å²) in [6.07, 6.45) is 1.25. The van der Waals surface area contributed by atoms with Gasteiger partial charge in [0.2, 0.25) is 0 Å². The van der Waals surface area contributed by atoms with Crippen LogP contribution in [0.4, 0.5) is 0 Å². The second-order valence-corrected chi connectivity index (χ2v) is 6.51. The molecule has 3 rings (SSSR count). The molecule has 1 aromatic carbocycles. The fourth-order valence-electron chi connectivity index (χ4n) is 3.45. The van der Waals surface area contributed by atoms with Gasteiger partial charge in [-0.25, -0.2) is 0 Å². The average Bonchev–Trinajstić information content (AvgIpc) is 2.81. The Balaban J connectivity index is 1.96. The Morgan fingerprint density at radius 1 is 1.22 bits per heavy atom. The second kappa shape index (κ2) is 6.20. The third-order valence-electron chi connectivity index (χ3n) is 4.61. The van der Waals surface area contributed by atoms with E-state index in [1.54, 1.807) is 4.90 Å². The summed E-state index contributed by atoms with van der Waals surface area (Å²) in [6.45, 7) is 7.25. The van der Waals surface area contributed by atoms with Crippen molar-refractivity contribution in [3.8, 4) is 5.69 Å². The quantitative estimate of drug-likeness (QED) is 0.926. The number of nitrogens with zero attached hydrogens (tertiary/aromatic N) is 2. The van der Waals surface area contributed by atoms with Gasteiger partial charge in [-0.2, -0.15) is 0 Å². The first-order valence-corrected chi connectivity index (χ1v) is 8.20. The van der Waals surface area contributed by atoms with Crippen LogP contribution in [-0.4, -0.2) is 39.7 Å². The zero-order valence-corrected chi connectivity index (χ0v) is 14.0. The molecule has 2 heterocycles. The standard InChI is InChI=1S/C19H24N2O2/c1-13-6-4-7-16(10-13)21-14(2)11-18(15(21)3)19(23)20-9-5-8-17(22)12-20/h4,6-7,10-11,17,22H,5,8-9,12H2,1-3H3. The molecule has 1 aromatic heterocycles. The van der Waals surface area contributed by atoms with E-state index in [4.69, 9.17) is 0 Å². The molecule has 0 spiro atoms. The molecule has 1 N–H and O–H groups in total. The Labute approximate surface area is 137 Å². The van der Waals surface area contributed by atoms with Crippen molar-refractivity contribution in [1.29, 1.82) is 0 Å². The minimum Gasteiger partial charge on any atom is -0.391 e. The maximum absolute atomic E-state index is 12.8. The SMILES string of the molecule is Cc1cccc(-n2c(C)cc(C(=O)N3CCCC(O)C3)c2C)c1. The van der Waals surface area contributed by atoms with Gasteiger partial charge in [-0.1, -0.05) is 12.1 Å². The molecule has 1 saturated heterocycles. The molecule has 2 aromatic rings. The smallest absolute Gasteiger partial charge is 0.255 e. The van der Waals surface area contributed by atoms with Crippen LogP contribution < -0.4 is 0 Å². The third kappa shape index (κ3) is 3.04. The molecule has 1 fully saturated rings. The van der Waals surface area contributed by atoms with Gasteiger partial charge >= 0.3 is 0 Å². The summed E-state index contributed by atoms with van der Waals surface area (Å²) >= 11 is 0. The molecule has 4 heteroatoms. The Morgan fingerprint density at radius 3 is 2.70 bits per heavy atom. The number of hydrogen-bond acceptors (Lipinski definition) is 2. The van der Waals surface area contributed by atoms with Crippen molar-refractivity contribution in [3.63, 3.8) is 0 Å². The zero-order chi connectivity index (χ0) is 16.6. The summed E-state index contributed by atoms with van der Waals surface area (Å²) in [7, 11) is 0. The fourth-order valence-corrected chi connectivity index (χ4v) is 3.45. The van der Waals surface area contributed by atoms with Crippen molar-refractivity contribution in [2.75, 3.05) is 13.1 Å². The number of likely N-dealkylation sites (tertiary alicyclic amines) is 1. The van der Waals surface area contributed by atoms with Gasteiger partial charge in [0, 0.05) is 30.2 Å². The maximum Gasteiger partial charge on any atom is 0.255 e. The van der Waals surface area contributed by atoms with E-state index in [1.807, 2.05) is 26.0 Å². The van der Waals surface area contributed by atoms with E-state index in [0.717, 1.165) is 42.0 Å². The summed E-state index contributed by atoms with van der Waals surface area (Å²) in [4.78, 5) is 14.6. The molecule has 0 radical (unpaired) electrons. The molecule has 0 aliphatic carbocycles. The molecule has 1 unspecified atom stereocenters. The van der Waals surface area contributed by atoms with E-state index < -0.39 is 6.10 Å². The molecule has 1 aliphatic rings. The monoisotopic (exact) mass is 312 g/mol. The molecule has 0 saturated carbocycles. The molecular formula is C19H24N2O2. The van der Waals surface area contributed by atoms with Crippen molar-refractivity contribution in [3.05, 3.63) is 52.8 Å². The minimum absolute atomic E-state index is 0.0238. The lowest BCUT2D eigenvalue weighted by Gasteiger charge is -2.30. The lowest BCUT2D eigenvalue weighted by atomic mass is 10.1. The van der Waals surface area contributed by atoms with Gasteiger partial charge < -0.3 is 14.6 Å². The number of hydrogen-bond donors (Lipinski definition) is 1. The van der Waals surface area contributed by atoms with Crippen molar-refractivity contribution in [2.24, 2.45) is 0 Å². The van der Waals surface area contributed by atoms with Crippen LogP contribution >= 0.6 is 0 Å². The molecule has 1 atom stereocenters. The number of aromatic nitrogens is 1. The van der Waals surface area contributed by atoms with Crippen LogP contribution in [0, 0.1) is 20.8 Å². The number of carbonyl (C=O) groups excluding carboxylic acids is 1. The van der Waals surface area contributed by atoms with E-state index in [-0.39, 0.29) is 5.91 Å². The molecule has 4 nitrogen and oxygen atoms in total. The number of aryl methyl sites for hydroxylation is 2. The minimum atomic E-state index is -0.395. The van der Waals surface area contributed by atoms with Crippen LogP contribution in [0.5, 0.6) is 0 Å². The Hall–Kier alpha value is -2.07. The highest BCUT2D eigenvalue weighted by Gasteiger charge is 2.26. The van der Waals surface area contributed by atoms with Crippen molar-refractivity contribution < 1.29 is 9.90 Å². The summed E-state index contributed by atoms with van der Waals surface area (Å²) in [6, 6.07) is 10.2. The predicted octanol–water partition coefficient (Wildman–Crippen LogP) is 3.00. The number of amides is 1. The number of benzene rings is 1. The number of aliphatic hydroxyl groups is 1. The summed E-state index contributed by atoms with van der Waals surface area (Å²) in [5.74, 6) is 0.0238. The molecule has 122 valence electrons. The molecule has 23 heavy (non-hydrogen) atoms. The largest absolute Gasteiger partial charge is 0.391 e. The number of aliphatic hydroxyl groups excluding tert-OH is 1. The van der Waals surface area contributed by atoms with Gasteiger partial charge in [0.1, 0.15) is 0 Å². The summed E-state index contributed by atoms with van der Waals surface area (Å²) in [5, 5.41) is 9.81. The van der Waals surface area contributed by atoms with Crippen LogP contribution in [0.25, 0.3) is 5.69 Å². The second-order valence-electron chi connectivity index (χ2n) is 6.51. The summed E-state index contributed by atoms with van der Waals surface area (Å²) < 4.78 is 2.13. The Bertz CT molecular complexity index is 733. The topological polar surface area (TPSA) is 45.5 Å². The normalized spacial score (nSPS) is 18.3.